The lowest BCUT2D eigenvalue weighted by Gasteiger charge is -2.14. The highest BCUT2D eigenvalue weighted by atomic mass is 16.6. The van der Waals surface area contributed by atoms with Gasteiger partial charge in [-0.3, -0.25) is 0 Å². The van der Waals surface area contributed by atoms with Crippen molar-refractivity contribution >= 4 is 16.9 Å². The van der Waals surface area contributed by atoms with Crippen LogP contribution in [0.2, 0.25) is 0 Å². The Kier molecular flexibility index (Phi) is 5.09. The van der Waals surface area contributed by atoms with E-state index in [1.807, 2.05) is 37.3 Å². The van der Waals surface area contributed by atoms with E-state index in [0.29, 0.717) is 17.1 Å². The number of fused-ring (bicyclic) bond motifs is 1. The number of hydrogen-bond acceptors (Lipinski definition) is 6. The molecule has 0 unspecified atom stereocenters. The van der Waals surface area contributed by atoms with Crippen LogP contribution in [0.5, 0.6) is 5.75 Å². The standard InChI is InChI=1S/C20H17N3O3/c1-13-17-5-3-4-6-18(17)23-19(22-13)12-25-20(24)14(2)26-16-9-7-15(11-21)8-10-16/h3-10,14H,12H2,1-2H3/t14-/m1/s1. The van der Waals surface area contributed by atoms with Crippen molar-refractivity contribution in [3.8, 4) is 11.8 Å². The highest BCUT2D eigenvalue weighted by Gasteiger charge is 2.17. The predicted octanol–water partition coefficient (Wildman–Crippen LogP) is 3.32. The van der Waals surface area contributed by atoms with Crippen molar-refractivity contribution in [2.24, 2.45) is 0 Å². The summed E-state index contributed by atoms with van der Waals surface area (Å²) in [5.74, 6) is 0.426. The molecule has 0 aliphatic carbocycles. The van der Waals surface area contributed by atoms with Crippen LogP contribution in [-0.4, -0.2) is 22.0 Å². The Morgan fingerprint density at radius 1 is 1.15 bits per heavy atom. The van der Waals surface area contributed by atoms with E-state index in [9.17, 15) is 4.79 Å². The third kappa shape index (κ3) is 3.95. The molecule has 0 N–H and O–H groups in total. The van der Waals surface area contributed by atoms with Crippen LogP contribution < -0.4 is 4.74 Å². The predicted molar refractivity (Wildman–Crippen MR) is 95.3 cm³/mol. The fraction of sp³-hybridized carbons (Fsp3) is 0.200. The molecule has 6 heteroatoms. The van der Waals surface area contributed by atoms with Gasteiger partial charge in [0.15, 0.2) is 18.5 Å². The van der Waals surface area contributed by atoms with Gasteiger partial charge >= 0.3 is 5.97 Å². The average molecular weight is 347 g/mol. The number of benzene rings is 2. The first-order chi connectivity index (χ1) is 12.6. The maximum absolute atomic E-state index is 12.1. The van der Waals surface area contributed by atoms with E-state index in [1.165, 1.54) is 0 Å². The molecule has 0 bridgehead atoms. The Labute approximate surface area is 151 Å². The zero-order chi connectivity index (χ0) is 18.5. The molecule has 130 valence electrons. The minimum Gasteiger partial charge on any atom is -0.479 e. The van der Waals surface area contributed by atoms with Gasteiger partial charge < -0.3 is 9.47 Å². The first-order valence-corrected chi connectivity index (χ1v) is 8.12. The van der Waals surface area contributed by atoms with Gasteiger partial charge in [0.25, 0.3) is 0 Å². The first-order valence-electron chi connectivity index (χ1n) is 8.12. The monoisotopic (exact) mass is 347 g/mol. The number of nitriles is 1. The lowest BCUT2D eigenvalue weighted by molar-refractivity contribution is -0.152. The molecule has 6 nitrogen and oxygen atoms in total. The third-order valence-corrected chi connectivity index (χ3v) is 3.81. The van der Waals surface area contributed by atoms with E-state index in [2.05, 4.69) is 9.97 Å². The van der Waals surface area contributed by atoms with E-state index < -0.39 is 12.1 Å². The number of esters is 1. The van der Waals surface area contributed by atoms with Crippen LogP contribution in [0.4, 0.5) is 0 Å². The summed E-state index contributed by atoms with van der Waals surface area (Å²) >= 11 is 0. The van der Waals surface area contributed by atoms with Crippen LogP contribution in [0.15, 0.2) is 48.5 Å². The van der Waals surface area contributed by atoms with Crippen LogP contribution in [0.3, 0.4) is 0 Å². The fourth-order valence-corrected chi connectivity index (χ4v) is 2.47. The van der Waals surface area contributed by atoms with Gasteiger partial charge in [-0.25, -0.2) is 14.8 Å². The van der Waals surface area contributed by atoms with Gasteiger partial charge in [0, 0.05) is 11.1 Å². The SMILES string of the molecule is Cc1nc(COC(=O)[C@@H](C)Oc2ccc(C#N)cc2)nc2ccccc12. The van der Waals surface area contributed by atoms with Crippen molar-refractivity contribution in [2.75, 3.05) is 0 Å². The normalized spacial score (nSPS) is 11.6. The third-order valence-electron chi connectivity index (χ3n) is 3.81. The van der Waals surface area contributed by atoms with Gasteiger partial charge in [0.2, 0.25) is 0 Å². The number of aromatic nitrogens is 2. The number of aryl methyl sites for hydroxylation is 1. The Hall–Kier alpha value is -3.46. The van der Waals surface area contributed by atoms with Gasteiger partial charge in [-0.2, -0.15) is 5.26 Å². The summed E-state index contributed by atoms with van der Waals surface area (Å²) in [4.78, 5) is 20.9. The smallest absolute Gasteiger partial charge is 0.347 e. The summed E-state index contributed by atoms with van der Waals surface area (Å²) < 4.78 is 10.8. The van der Waals surface area contributed by atoms with Crippen molar-refractivity contribution in [3.05, 3.63) is 65.6 Å². The summed E-state index contributed by atoms with van der Waals surface area (Å²) in [5.41, 5.74) is 2.17. The van der Waals surface area contributed by atoms with Crippen molar-refractivity contribution in [1.82, 2.24) is 9.97 Å². The Morgan fingerprint density at radius 2 is 1.88 bits per heavy atom. The minimum absolute atomic E-state index is 0.0222. The van der Waals surface area contributed by atoms with Crippen LogP contribution >= 0.6 is 0 Å². The van der Waals surface area contributed by atoms with Crippen LogP contribution in [-0.2, 0) is 16.1 Å². The lowest BCUT2D eigenvalue weighted by atomic mass is 10.2. The van der Waals surface area contributed by atoms with Crippen molar-refractivity contribution in [2.45, 2.75) is 26.6 Å². The van der Waals surface area contributed by atoms with Crippen LogP contribution in [0, 0.1) is 18.3 Å². The number of hydrogen-bond donors (Lipinski definition) is 0. The molecule has 0 saturated carbocycles. The second-order valence-electron chi connectivity index (χ2n) is 5.75. The van der Waals surface area contributed by atoms with E-state index in [-0.39, 0.29) is 6.61 Å². The number of carbonyl (C=O) groups is 1. The molecule has 0 spiro atoms. The summed E-state index contributed by atoms with van der Waals surface area (Å²) in [7, 11) is 0. The number of carbonyl (C=O) groups excluding carboxylic acids is 1. The van der Waals surface area contributed by atoms with Gasteiger partial charge in [-0.05, 0) is 44.2 Å². The molecule has 26 heavy (non-hydrogen) atoms. The molecule has 0 saturated heterocycles. The minimum atomic E-state index is -0.788. The zero-order valence-electron chi connectivity index (χ0n) is 14.5. The first kappa shape index (κ1) is 17.4. The molecular formula is C20H17N3O3. The highest BCUT2D eigenvalue weighted by molar-refractivity contribution is 5.80. The molecule has 2 aromatic carbocycles. The molecule has 0 fully saturated rings. The molecule has 0 amide bonds. The molecule has 1 atom stereocenters. The second-order valence-corrected chi connectivity index (χ2v) is 5.75. The van der Waals surface area contributed by atoms with Gasteiger partial charge in [0.1, 0.15) is 5.75 Å². The topological polar surface area (TPSA) is 85.1 Å². The molecule has 0 aliphatic rings. The summed E-state index contributed by atoms with van der Waals surface area (Å²) in [5, 5.41) is 9.76. The van der Waals surface area contributed by atoms with Crippen molar-refractivity contribution < 1.29 is 14.3 Å². The maximum atomic E-state index is 12.1. The van der Waals surface area contributed by atoms with Crippen LogP contribution in [0.1, 0.15) is 24.0 Å². The molecule has 1 aromatic heterocycles. The molecule has 0 aliphatic heterocycles. The number of ether oxygens (including phenoxy) is 2. The Balaban J connectivity index is 1.61. The second kappa shape index (κ2) is 7.62. The summed E-state index contributed by atoms with van der Waals surface area (Å²) in [6, 6.07) is 16.2. The molecule has 1 heterocycles. The highest BCUT2D eigenvalue weighted by Crippen LogP contribution is 2.16. The maximum Gasteiger partial charge on any atom is 0.347 e. The molecule has 3 rings (SSSR count). The molecule has 0 radical (unpaired) electrons. The van der Waals surface area contributed by atoms with E-state index in [1.54, 1.807) is 31.2 Å². The lowest BCUT2D eigenvalue weighted by Crippen LogP contribution is -2.26. The van der Waals surface area contributed by atoms with E-state index >= 15 is 0 Å². The molecular weight excluding hydrogens is 330 g/mol. The largest absolute Gasteiger partial charge is 0.479 e. The van der Waals surface area contributed by atoms with E-state index in [0.717, 1.165) is 16.6 Å². The number of nitrogens with zero attached hydrogens (tertiary/aromatic N) is 3. The molecule has 3 aromatic rings. The van der Waals surface area contributed by atoms with Gasteiger partial charge in [0.05, 0.1) is 17.1 Å². The van der Waals surface area contributed by atoms with E-state index in [4.69, 9.17) is 14.7 Å². The van der Waals surface area contributed by atoms with Crippen molar-refractivity contribution in [3.63, 3.8) is 0 Å². The van der Waals surface area contributed by atoms with Crippen molar-refractivity contribution in [1.29, 1.82) is 5.26 Å². The van der Waals surface area contributed by atoms with Crippen LogP contribution in [0.25, 0.3) is 10.9 Å². The zero-order valence-corrected chi connectivity index (χ0v) is 14.5. The number of para-hydroxylation sites is 1. The average Bonchev–Trinajstić information content (AvgIpc) is 2.66. The fourth-order valence-electron chi connectivity index (χ4n) is 2.47. The quantitative estimate of drug-likeness (QED) is 0.658. The summed E-state index contributed by atoms with van der Waals surface area (Å²) in [6.45, 7) is 3.48. The van der Waals surface area contributed by atoms with Gasteiger partial charge in [-0.1, -0.05) is 18.2 Å². The Morgan fingerprint density at radius 3 is 2.62 bits per heavy atom. The van der Waals surface area contributed by atoms with Gasteiger partial charge in [-0.15, -0.1) is 0 Å². The number of rotatable bonds is 5. The summed E-state index contributed by atoms with van der Waals surface area (Å²) in [6.07, 6.45) is -0.788. The Bertz CT molecular complexity index is 978.